The number of rotatable bonds is 8. The van der Waals surface area contributed by atoms with E-state index >= 15 is 0 Å². The van der Waals surface area contributed by atoms with Crippen molar-refractivity contribution < 1.29 is 13.9 Å². The zero-order chi connectivity index (χ0) is 20.5. The molecule has 1 heterocycles. The van der Waals surface area contributed by atoms with Crippen LogP contribution in [0.25, 0.3) is 6.08 Å². The molecule has 5 nitrogen and oxygen atoms in total. The number of nitrogens with one attached hydrogen (secondary N) is 2. The van der Waals surface area contributed by atoms with E-state index in [2.05, 4.69) is 15.6 Å². The van der Waals surface area contributed by atoms with Crippen LogP contribution in [0.5, 0.6) is 5.75 Å². The first-order valence-corrected chi connectivity index (χ1v) is 9.29. The van der Waals surface area contributed by atoms with Gasteiger partial charge in [-0.2, -0.15) is 0 Å². The summed E-state index contributed by atoms with van der Waals surface area (Å²) in [6.45, 7) is 2.87. The molecule has 0 aliphatic carbocycles. The van der Waals surface area contributed by atoms with Gasteiger partial charge in [-0.25, -0.2) is 9.37 Å². The summed E-state index contributed by atoms with van der Waals surface area (Å²) in [6.07, 6.45) is 4.73. The molecule has 0 fully saturated rings. The monoisotopic (exact) mass is 391 g/mol. The summed E-state index contributed by atoms with van der Waals surface area (Å²) in [5, 5.41) is 5.81. The Bertz CT molecular complexity index is 970. The summed E-state index contributed by atoms with van der Waals surface area (Å²) in [4.78, 5) is 16.3. The normalized spacial score (nSPS) is 10.7. The molecule has 29 heavy (non-hydrogen) atoms. The lowest BCUT2D eigenvalue weighted by Gasteiger charge is -2.08. The molecular formula is C23H22FN3O2. The highest BCUT2D eigenvalue weighted by Crippen LogP contribution is 2.14. The van der Waals surface area contributed by atoms with E-state index in [4.69, 9.17) is 4.74 Å². The van der Waals surface area contributed by atoms with Gasteiger partial charge < -0.3 is 15.4 Å². The van der Waals surface area contributed by atoms with E-state index < -0.39 is 0 Å². The third-order valence-electron chi connectivity index (χ3n) is 4.07. The van der Waals surface area contributed by atoms with Gasteiger partial charge in [0.25, 0.3) is 0 Å². The molecule has 0 spiro atoms. The maximum absolute atomic E-state index is 13.6. The van der Waals surface area contributed by atoms with Crippen LogP contribution in [-0.4, -0.2) is 17.5 Å². The largest absolute Gasteiger partial charge is 0.494 e. The number of aromatic nitrogens is 1. The molecule has 2 aromatic carbocycles. The highest BCUT2D eigenvalue weighted by Gasteiger charge is 2.02. The van der Waals surface area contributed by atoms with E-state index in [1.807, 2.05) is 31.2 Å². The van der Waals surface area contributed by atoms with E-state index in [1.165, 1.54) is 12.1 Å². The van der Waals surface area contributed by atoms with Crippen molar-refractivity contribution in [3.63, 3.8) is 0 Å². The molecule has 3 aromatic rings. The molecule has 1 amide bonds. The summed E-state index contributed by atoms with van der Waals surface area (Å²) < 4.78 is 19.0. The van der Waals surface area contributed by atoms with Crippen molar-refractivity contribution >= 4 is 23.5 Å². The Morgan fingerprint density at radius 1 is 1.10 bits per heavy atom. The lowest BCUT2D eigenvalue weighted by molar-refractivity contribution is -0.111. The van der Waals surface area contributed by atoms with Crippen molar-refractivity contribution in [1.29, 1.82) is 0 Å². The molecule has 0 aliphatic rings. The first-order valence-electron chi connectivity index (χ1n) is 9.29. The molecule has 3 rings (SSSR count). The summed E-state index contributed by atoms with van der Waals surface area (Å²) >= 11 is 0. The smallest absolute Gasteiger partial charge is 0.248 e. The number of carbonyl (C=O) groups is 1. The minimum absolute atomic E-state index is 0.257. The second kappa shape index (κ2) is 10.0. The molecule has 148 valence electrons. The quantitative estimate of drug-likeness (QED) is 0.537. The van der Waals surface area contributed by atoms with Gasteiger partial charge in [-0.05, 0) is 48.9 Å². The number of benzene rings is 2. The molecule has 0 bridgehead atoms. The van der Waals surface area contributed by atoms with Crippen molar-refractivity contribution in [2.24, 2.45) is 0 Å². The third kappa shape index (κ3) is 6.17. The van der Waals surface area contributed by atoms with E-state index in [9.17, 15) is 9.18 Å². The Kier molecular flexibility index (Phi) is 6.95. The van der Waals surface area contributed by atoms with Crippen molar-refractivity contribution in [1.82, 2.24) is 4.98 Å². The van der Waals surface area contributed by atoms with Gasteiger partial charge in [0.15, 0.2) is 0 Å². The molecule has 0 atom stereocenters. The number of anilines is 2. The zero-order valence-electron chi connectivity index (χ0n) is 16.1. The van der Waals surface area contributed by atoms with Crippen molar-refractivity contribution in [2.45, 2.75) is 13.5 Å². The second-order valence-corrected chi connectivity index (χ2v) is 6.20. The number of hydrogen-bond donors (Lipinski definition) is 2. The van der Waals surface area contributed by atoms with E-state index in [-0.39, 0.29) is 11.7 Å². The van der Waals surface area contributed by atoms with Gasteiger partial charge in [-0.3, -0.25) is 4.79 Å². The van der Waals surface area contributed by atoms with Crippen LogP contribution in [0.15, 0.2) is 72.9 Å². The lowest BCUT2D eigenvalue weighted by Crippen LogP contribution is -2.08. The minimum Gasteiger partial charge on any atom is -0.494 e. The van der Waals surface area contributed by atoms with E-state index in [1.54, 1.807) is 42.6 Å². The first-order chi connectivity index (χ1) is 14.1. The Morgan fingerprint density at radius 3 is 2.59 bits per heavy atom. The molecule has 0 radical (unpaired) electrons. The molecule has 0 saturated carbocycles. The Morgan fingerprint density at radius 2 is 1.90 bits per heavy atom. The van der Waals surface area contributed by atoms with Crippen molar-refractivity contribution in [3.8, 4) is 5.75 Å². The molecule has 1 aromatic heterocycles. The number of amides is 1. The number of hydrogen-bond acceptors (Lipinski definition) is 4. The summed E-state index contributed by atoms with van der Waals surface area (Å²) in [7, 11) is 0. The van der Waals surface area contributed by atoms with E-state index in [0.717, 1.165) is 11.3 Å². The molecule has 6 heteroatoms. The van der Waals surface area contributed by atoms with Gasteiger partial charge in [-0.15, -0.1) is 0 Å². The fraction of sp³-hybridized carbons (Fsp3) is 0.130. The Labute approximate surface area is 169 Å². The van der Waals surface area contributed by atoms with E-state index in [0.29, 0.717) is 30.2 Å². The van der Waals surface area contributed by atoms with Crippen LogP contribution in [0.2, 0.25) is 0 Å². The highest BCUT2D eigenvalue weighted by atomic mass is 19.1. The second-order valence-electron chi connectivity index (χ2n) is 6.20. The van der Waals surface area contributed by atoms with Crippen LogP contribution >= 0.6 is 0 Å². The summed E-state index contributed by atoms with van der Waals surface area (Å²) in [5.41, 5.74) is 2.03. The van der Waals surface area contributed by atoms with Crippen LogP contribution in [0.1, 0.15) is 18.1 Å². The van der Waals surface area contributed by atoms with Crippen molar-refractivity contribution in [3.05, 3.63) is 89.9 Å². The average molecular weight is 391 g/mol. The lowest BCUT2D eigenvalue weighted by atomic mass is 10.2. The standard InChI is InChI=1S/C23H22FN3O2/c1-2-29-20-11-7-17(8-12-20)9-14-23(28)27-19-10-13-22(26-16-19)25-15-18-5-3-4-6-21(18)24/h3-14,16H,2,15H2,1H3,(H,25,26)(H,27,28)/b14-9+. The van der Waals surface area contributed by atoms with Gasteiger partial charge in [0.05, 0.1) is 18.5 Å². The fourth-order valence-electron chi connectivity index (χ4n) is 2.60. The average Bonchev–Trinajstić information content (AvgIpc) is 2.74. The molecule has 2 N–H and O–H groups in total. The Balaban J connectivity index is 1.51. The van der Waals surface area contributed by atoms with Crippen LogP contribution < -0.4 is 15.4 Å². The van der Waals surface area contributed by atoms with Gasteiger partial charge in [0, 0.05) is 18.2 Å². The number of halogens is 1. The van der Waals surface area contributed by atoms with Crippen molar-refractivity contribution in [2.75, 3.05) is 17.2 Å². The molecule has 0 saturated heterocycles. The van der Waals surface area contributed by atoms with Gasteiger partial charge in [0.2, 0.25) is 5.91 Å². The van der Waals surface area contributed by atoms with Gasteiger partial charge in [-0.1, -0.05) is 30.3 Å². The third-order valence-corrected chi connectivity index (χ3v) is 4.07. The number of ether oxygens (including phenoxy) is 1. The maximum Gasteiger partial charge on any atom is 0.248 e. The topological polar surface area (TPSA) is 63.2 Å². The molecule has 0 unspecified atom stereocenters. The predicted molar refractivity (Wildman–Crippen MR) is 113 cm³/mol. The molecule has 0 aliphatic heterocycles. The summed E-state index contributed by atoms with van der Waals surface area (Å²) in [6, 6.07) is 17.5. The SMILES string of the molecule is CCOc1ccc(/C=C/C(=O)Nc2ccc(NCc3ccccc3F)nc2)cc1. The fourth-order valence-corrected chi connectivity index (χ4v) is 2.60. The van der Waals surface area contributed by atoms with Crippen LogP contribution in [0.4, 0.5) is 15.9 Å². The number of pyridine rings is 1. The Hall–Kier alpha value is -3.67. The number of nitrogens with zero attached hydrogens (tertiary/aromatic N) is 1. The van der Waals surface area contributed by atoms with Gasteiger partial charge >= 0.3 is 0 Å². The van der Waals surface area contributed by atoms with Gasteiger partial charge in [0.1, 0.15) is 17.4 Å². The molecular weight excluding hydrogens is 369 g/mol. The predicted octanol–water partition coefficient (Wildman–Crippen LogP) is 4.88. The minimum atomic E-state index is -0.261. The van der Waals surface area contributed by atoms with Crippen LogP contribution in [0, 0.1) is 5.82 Å². The first kappa shape index (κ1) is 20.1. The summed E-state index contributed by atoms with van der Waals surface area (Å²) in [5.74, 6) is 0.871. The number of carbonyl (C=O) groups excluding carboxylic acids is 1. The zero-order valence-corrected chi connectivity index (χ0v) is 16.1. The highest BCUT2D eigenvalue weighted by molar-refractivity contribution is 6.01. The van der Waals surface area contributed by atoms with Crippen LogP contribution in [0.3, 0.4) is 0 Å². The van der Waals surface area contributed by atoms with Crippen LogP contribution in [-0.2, 0) is 11.3 Å². The maximum atomic E-state index is 13.6.